The number of hydrogen-bond donors (Lipinski definition) is 0. The zero-order chi connectivity index (χ0) is 20.1. The molecule has 8 heteroatoms. The molecule has 5 nitrogen and oxygen atoms in total. The Bertz CT molecular complexity index is 960. The van der Waals surface area contributed by atoms with E-state index in [1.807, 2.05) is 18.6 Å². The third-order valence-corrected chi connectivity index (χ3v) is 6.32. The highest BCUT2D eigenvalue weighted by atomic mass is 32.2. The lowest BCUT2D eigenvalue weighted by atomic mass is 10.00. The van der Waals surface area contributed by atoms with Gasteiger partial charge in [0.1, 0.15) is 11.6 Å². The van der Waals surface area contributed by atoms with Crippen LogP contribution in [0, 0.1) is 11.7 Å². The molecule has 2 aromatic heterocycles. The monoisotopic (exact) mass is 419 g/mol. The highest BCUT2D eigenvalue weighted by molar-refractivity contribution is 7.98. The maximum atomic E-state index is 14.0. The molecule has 0 saturated carbocycles. The number of ether oxygens (including phenoxy) is 1. The van der Waals surface area contributed by atoms with Gasteiger partial charge in [0.15, 0.2) is 0 Å². The van der Waals surface area contributed by atoms with Crippen molar-refractivity contribution in [2.24, 2.45) is 5.92 Å². The Labute approximate surface area is 171 Å². The minimum Gasteiger partial charge on any atom is -0.465 e. The van der Waals surface area contributed by atoms with Gasteiger partial charge in [0, 0.05) is 29.8 Å². The summed E-state index contributed by atoms with van der Waals surface area (Å²) in [7, 11) is 1.24. The second kappa shape index (κ2) is 9.43. The number of benzene rings is 1. The van der Waals surface area contributed by atoms with Gasteiger partial charge in [-0.05, 0) is 37.5 Å². The molecule has 0 radical (unpaired) electrons. The van der Waals surface area contributed by atoms with E-state index in [1.165, 1.54) is 30.6 Å². The second-order valence-corrected chi connectivity index (χ2v) is 8.62. The molecule has 1 atom stereocenters. The SMILES string of the molecule is COC(=O)c1cc2sc(CC[C@@H](C)CCc3ncc(SC)cn3)nc2cc1F. The highest BCUT2D eigenvalue weighted by Crippen LogP contribution is 2.27. The van der Waals surface area contributed by atoms with Crippen molar-refractivity contribution >= 4 is 39.3 Å². The van der Waals surface area contributed by atoms with Crippen molar-refractivity contribution in [1.29, 1.82) is 0 Å². The first-order valence-electron chi connectivity index (χ1n) is 9.02. The molecule has 0 fully saturated rings. The smallest absolute Gasteiger partial charge is 0.340 e. The van der Waals surface area contributed by atoms with Crippen LogP contribution in [0.3, 0.4) is 0 Å². The highest BCUT2D eigenvalue weighted by Gasteiger charge is 2.16. The molecule has 0 aliphatic heterocycles. The van der Waals surface area contributed by atoms with Crippen LogP contribution in [0.15, 0.2) is 29.4 Å². The Hall–Kier alpha value is -2.06. The average molecular weight is 420 g/mol. The van der Waals surface area contributed by atoms with Crippen molar-refractivity contribution in [3.05, 3.63) is 46.7 Å². The first-order chi connectivity index (χ1) is 13.5. The van der Waals surface area contributed by atoms with Crippen LogP contribution >= 0.6 is 23.1 Å². The number of aryl methyl sites for hydroxylation is 2. The van der Waals surface area contributed by atoms with E-state index in [4.69, 9.17) is 0 Å². The lowest BCUT2D eigenvalue weighted by Gasteiger charge is -2.09. The number of nitrogens with zero attached hydrogens (tertiary/aromatic N) is 3. The van der Waals surface area contributed by atoms with Gasteiger partial charge < -0.3 is 4.74 Å². The van der Waals surface area contributed by atoms with Crippen molar-refractivity contribution in [2.75, 3.05) is 13.4 Å². The molecule has 0 bridgehead atoms. The third kappa shape index (κ3) is 5.05. The van der Waals surface area contributed by atoms with Crippen molar-refractivity contribution in [3.63, 3.8) is 0 Å². The van der Waals surface area contributed by atoms with Crippen LogP contribution in [0.4, 0.5) is 4.39 Å². The summed E-state index contributed by atoms with van der Waals surface area (Å²) in [5.41, 5.74) is 0.533. The number of thioether (sulfide) groups is 1. The predicted molar refractivity (Wildman–Crippen MR) is 111 cm³/mol. The van der Waals surface area contributed by atoms with E-state index in [0.29, 0.717) is 11.4 Å². The van der Waals surface area contributed by atoms with Gasteiger partial charge in [-0.15, -0.1) is 23.1 Å². The summed E-state index contributed by atoms with van der Waals surface area (Å²) >= 11 is 3.13. The predicted octanol–water partition coefficient (Wildman–Crippen LogP) is 4.94. The van der Waals surface area contributed by atoms with E-state index >= 15 is 0 Å². The minimum absolute atomic E-state index is 0.0499. The second-order valence-electron chi connectivity index (χ2n) is 6.62. The van der Waals surface area contributed by atoms with Gasteiger partial charge in [-0.2, -0.15) is 0 Å². The summed E-state index contributed by atoms with van der Waals surface area (Å²) in [5.74, 6) is 0.0986. The first kappa shape index (κ1) is 20.7. The van der Waals surface area contributed by atoms with Gasteiger partial charge in [-0.3, -0.25) is 0 Å². The lowest BCUT2D eigenvalue weighted by Crippen LogP contribution is -2.03. The number of carbonyl (C=O) groups is 1. The summed E-state index contributed by atoms with van der Waals surface area (Å²) in [5, 5.41) is 0.948. The van der Waals surface area contributed by atoms with E-state index in [2.05, 4.69) is 26.6 Å². The number of methoxy groups -OCH3 is 1. The molecule has 148 valence electrons. The molecule has 3 rings (SSSR count). The summed E-state index contributed by atoms with van der Waals surface area (Å²) in [6, 6.07) is 2.83. The van der Waals surface area contributed by atoms with Gasteiger partial charge >= 0.3 is 5.97 Å². The fourth-order valence-corrected chi connectivity index (χ4v) is 4.16. The molecule has 0 aliphatic carbocycles. The Morgan fingerprint density at radius 3 is 2.64 bits per heavy atom. The molecule has 0 saturated heterocycles. The lowest BCUT2D eigenvalue weighted by molar-refractivity contribution is 0.0596. The number of thiazole rings is 1. The summed E-state index contributed by atoms with van der Waals surface area (Å²) in [6.07, 6.45) is 9.39. The topological polar surface area (TPSA) is 65.0 Å². The summed E-state index contributed by atoms with van der Waals surface area (Å²) < 4.78 is 19.5. The van der Waals surface area contributed by atoms with E-state index in [0.717, 1.165) is 46.1 Å². The number of fused-ring (bicyclic) bond motifs is 1. The van der Waals surface area contributed by atoms with Crippen molar-refractivity contribution in [3.8, 4) is 0 Å². The molecule has 0 amide bonds. The van der Waals surface area contributed by atoms with Crippen LogP contribution < -0.4 is 0 Å². The Morgan fingerprint density at radius 1 is 1.25 bits per heavy atom. The Balaban J connectivity index is 1.57. The average Bonchev–Trinajstić information content (AvgIpc) is 3.11. The molecule has 1 aromatic carbocycles. The maximum absolute atomic E-state index is 14.0. The van der Waals surface area contributed by atoms with Crippen LogP contribution in [-0.2, 0) is 17.6 Å². The van der Waals surface area contributed by atoms with Crippen LogP contribution in [-0.4, -0.2) is 34.3 Å². The van der Waals surface area contributed by atoms with Gasteiger partial charge in [-0.25, -0.2) is 24.1 Å². The fourth-order valence-electron chi connectivity index (χ4n) is 2.84. The number of carbonyl (C=O) groups excluding carboxylic acids is 1. The van der Waals surface area contributed by atoms with E-state index in [-0.39, 0.29) is 5.56 Å². The molecule has 0 aliphatic rings. The van der Waals surface area contributed by atoms with Gasteiger partial charge in [0.05, 0.1) is 27.9 Å². The maximum Gasteiger partial charge on any atom is 0.340 e. The molecular weight excluding hydrogens is 397 g/mol. The van der Waals surface area contributed by atoms with Crippen molar-refractivity contribution in [1.82, 2.24) is 15.0 Å². The Kier molecular flexibility index (Phi) is 6.96. The quantitative estimate of drug-likeness (QED) is 0.381. The summed E-state index contributed by atoms with van der Waals surface area (Å²) in [4.78, 5) is 26.0. The number of halogens is 1. The minimum atomic E-state index is -0.671. The number of aromatic nitrogens is 3. The largest absolute Gasteiger partial charge is 0.465 e. The van der Waals surface area contributed by atoms with E-state index in [1.54, 1.807) is 11.8 Å². The summed E-state index contributed by atoms with van der Waals surface area (Å²) in [6.45, 7) is 2.21. The van der Waals surface area contributed by atoms with Crippen LogP contribution in [0.1, 0.15) is 41.0 Å². The number of esters is 1. The van der Waals surface area contributed by atoms with Crippen molar-refractivity contribution < 1.29 is 13.9 Å². The normalized spacial score (nSPS) is 12.3. The first-order valence-corrected chi connectivity index (χ1v) is 11.1. The fraction of sp³-hybridized carbons (Fsp3) is 0.400. The van der Waals surface area contributed by atoms with E-state index < -0.39 is 11.8 Å². The zero-order valence-corrected chi connectivity index (χ0v) is 17.7. The number of hydrogen-bond acceptors (Lipinski definition) is 7. The molecular formula is C20H22FN3O2S2. The van der Waals surface area contributed by atoms with Gasteiger partial charge in [0.2, 0.25) is 0 Å². The standard InChI is InChI=1S/C20H22FN3O2S2/c1-12(4-6-18-22-10-13(27-3)11-23-18)5-7-19-24-16-9-15(21)14(20(25)26-2)8-17(16)28-19/h8-12H,4-7H2,1-3H3/t12-/m0/s1. The molecule has 0 unspecified atom stereocenters. The zero-order valence-electron chi connectivity index (χ0n) is 16.1. The number of rotatable bonds is 8. The van der Waals surface area contributed by atoms with Crippen LogP contribution in [0.5, 0.6) is 0 Å². The van der Waals surface area contributed by atoms with Crippen molar-refractivity contribution in [2.45, 2.75) is 37.5 Å². The van der Waals surface area contributed by atoms with Crippen LogP contribution in [0.2, 0.25) is 0 Å². The molecule has 2 heterocycles. The molecule has 0 N–H and O–H groups in total. The van der Waals surface area contributed by atoms with Gasteiger partial charge in [0.25, 0.3) is 0 Å². The third-order valence-electron chi connectivity index (χ3n) is 4.56. The molecule has 28 heavy (non-hydrogen) atoms. The Morgan fingerprint density at radius 2 is 1.96 bits per heavy atom. The molecule has 0 spiro atoms. The van der Waals surface area contributed by atoms with Crippen LogP contribution in [0.25, 0.3) is 10.2 Å². The van der Waals surface area contributed by atoms with E-state index in [9.17, 15) is 9.18 Å². The molecule has 3 aromatic rings. The van der Waals surface area contributed by atoms with Gasteiger partial charge in [-0.1, -0.05) is 6.92 Å².